The fraction of sp³-hybridized carbons (Fsp3) is 0.429. The summed E-state index contributed by atoms with van der Waals surface area (Å²) < 4.78 is 32.5. The van der Waals surface area contributed by atoms with E-state index in [4.69, 9.17) is 4.42 Å². The van der Waals surface area contributed by atoms with Crippen LogP contribution in [0.3, 0.4) is 0 Å². The lowest BCUT2D eigenvalue weighted by atomic mass is 10.2. The normalized spacial score (nSPS) is 14.6. The first-order chi connectivity index (χ1) is 14.3. The Balaban J connectivity index is 1.63. The highest BCUT2D eigenvalue weighted by atomic mass is 32.2. The Labute approximate surface area is 176 Å². The van der Waals surface area contributed by atoms with Crippen molar-refractivity contribution in [1.29, 1.82) is 0 Å². The number of aryl methyl sites for hydroxylation is 1. The van der Waals surface area contributed by atoms with Gasteiger partial charge in [0, 0.05) is 6.04 Å². The molecule has 2 N–H and O–H groups in total. The van der Waals surface area contributed by atoms with Gasteiger partial charge < -0.3 is 14.6 Å². The van der Waals surface area contributed by atoms with Crippen molar-refractivity contribution < 1.29 is 22.4 Å². The lowest BCUT2D eigenvalue weighted by Crippen LogP contribution is -2.46. The van der Waals surface area contributed by atoms with E-state index in [1.807, 2.05) is 6.92 Å². The van der Waals surface area contributed by atoms with Gasteiger partial charge in [-0.15, -0.1) is 0 Å². The van der Waals surface area contributed by atoms with Crippen molar-refractivity contribution in [3.8, 4) is 0 Å². The molecule has 1 aromatic carbocycles. The number of nitrogens with zero attached hydrogens (tertiary/aromatic N) is 1. The minimum Gasteiger partial charge on any atom is -0.467 e. The predicted octanol–water partition coefficient (Wildman–Crippen LogP) is 1.95. The molecule has 1 saturated carbocycles. The lowest BCUT2D eigenvalue weighted by molar-refractivity contribution is -0.136. The zero-order valence-corrected chi connectivity index (χ0v) is 17.8. The van der Waals surface area contributed by atoms with Gasteiger partial charge in [-0.05, 0) is 44.0 Å². The molecule has 0 atom stereocenters. The van der Waals surface area contributed by atoms with Gasteiger partial charge in [-0.25, -0.2) is 13.1 Å². The van der Waals surface area contributed by atoms with E-state index in [-0.39, 0.29) is 29.9 Å². The van der Waals surface area contributed by atoms with Crippen molar-refractivity contribution >= 4 is 21.8 Å². The van der Waals surface area contributed by atoms with Gasteiger partial charge in [-0.1, -0.05) is 30.5 Å². The van der Waals surface area contributed by atoms with Crippen LogP contribution in [0.25, 0.3) is 0 Å². The van der Waals surface area contributed by atoms with Crippen molar-refractivity contribution in [3.63, 3.8) is 0 Å². The van der Waals surface area contributed by atoms with E-state index in [9.17, 15) is 18.0 Å². The molecule has 2 amide bonds. The van der Waals surface area contributed by atoms with Crippen molar-refractivity contribution in [2.75, 3.05) is 13.1 Å². The Bertz CT molecular complexity index is 949. The highest BCUT2D eigenvalue weighted by molar-refractivity contribution is 7.89. The van der Waals surface area contributed by atoms with Crippen LogP contribution < -0.4 is 10.0 Å². The summed E-state index contributed by atoms with van der Waals surface area (Å²) in [6, 6.07) is 9.87. The number of rotatable bonds is 9. The largest absolute Gasteiger partial charge is 0.467 e. The van der Waals surface area contributed by atoms with Gasteiger partial charge in [-0.3, -0.25) is 9.59 Å². The molecule has 0 spiro atoms. The quantitative estimate of drug-likeness (QED) is 0.628. The van der Waals surface area contributed by atoms with Crippen LogP contribution in [-0.2, 0) is 26.2 Å². The van der Waals surface area contributed by atoms with Gasteiger partial charge in [0.15, 0.2) is 0 Å². The van der Waals surface area contributed by atoms with Gasteiger partial charge in [-0.2, -0.15) is 0 Å². The number of carbonyl (C=O) groups excluding carboxylic acids is 2. The second kappa shape index (κ2) is 9.90. The van der Waals surface area contributed by atoms with Crippen molar-refractivity contribution in [2.24, 2.45) is 0 Å². The van der Waals surface area contributed by atoms with Crippen LogP contribution in [0, 0.1) is 6.92 Å². The van der Waals surface area contributed by atoms with Crippen LogP contribution in [-0.4, -0.2) is 44.3 Å². The van der Waals surface area contributed by atoms with Crippen molar-refractivity contribution in [3.05, 3.63) is 54.0 Å². The molecule has 0 bridgehead atoms. The number of furan rings is 1. The van der Waals surface area contributed by atoms with Gasteiger partial charge >= 0.3 is 0 Å². The van der Waals surface area contributed by atoms with Gasteiger partial charge in [0.2, 0.25) is 21.8 Å². The van der Waals surface area contributed by atoms with E-state index in [0.717, 1.165) is 31.2 Å². The highest BCUT2D eigenvalue weighted by Gasteiger charge is 2.24. The Morgan fingerprint density at radius 2 is 1.83 bits per heavy atom. The second-order valence-corrected chi connectivity index (χ2v) is 9.28. The molecule has 0 saturated heterocycles. The average Bonchev–Trinajstić information content (AvgIpc) is 3.40. The third-order valence-electron chi connectivity index (χ3n) is 5.08. The smallest absolute Gasteiger partial charge is 0.241 e. The Kier molecular flexibility index (Phi) is 7.28. The third-order valence-corrected chi connectivity index (χ3v) is 6.50. The summed E-state index contributed by atoms with van der Waals surface area (Å²) in [6.07, 6.45) is 5.53. The molecule has 0 radical (unpaired) electrons. The first-order valence-corrected chi connectivity index (χ1v) is 11.5. The first kappa shape index (κ1) is 22.0. The molecule has 1 heterocycles. The summed E-state index contributed by atoms with van der Waals surface area (Å²) in [7, 11) is -3.84. The third kappa shape index (κ3) is 6.17. The molecule has 1 aliphatic carbocycles. The number of amides is 2. The summed E-state index contributed by atoms with van der Waals surface area (Å²) in [5.74, 6) is -0.259. The molecular weight excluding hydrogens is 406 g/mol. The number of hydrogen-bond donors (Lipinski definition) is 2. The molecule has 1 aromatic heterocycles. The fourth-order valence-electron chi connectivity index (χ4n) is 3.41. The lowest BCUT2D eigenvalue weighted by Gasteiger charge is -2.22. The Hall–Kier alpha value is -2.65. The van der Waals surface area contributed by atoms with Crippen molar-refractivity contribution in [2.45, 2.75) is 50.1 Å². The monoisotopic (exact) mass is 433 g/mol. The molecule has 1 aliphatic rings. The van der Waals surface area contributed by atoms with Crippen LogP contribution >= 0.6 is 0 Å². The maximum absolute atomic E-state index is 12.8. The Morgan fingerprint density at radius 3 is 2.47 bits per heavy atom. The zero-order chi connectivity index (χ0) is 21.6. The second-order valence-electron chi connectivity index (χ2n) is 7.52. The maximum atomic E-state index is 12.8. The van der Waals surface area contributed by atoms with E-state index in [2.05, 4.69) is 10.0 Å². The topological polar surface area (TPSA) is 109 Å². The standard InChI is InChI=1S/C21H27N3O5S/c1-16-8-10-19(11-9-16)30(27,28)22-13-21(26)24(14-18-7-4-12-29-18)15-20(25)23-17-5-2-3-6-17/h4,7-12,17,22H,2-3,5-6,13-15H2,1H3,(H,23,25). The number of nitrogens with one attached hydrogen (secondary N) is 2. The fourth-order valence-corrected chi connectivity index (χ4v) is 4.38. The minimum atomic E-state index is -3.84. The summed E-state index contributed by atoms with van der Waals surface area (Å²) >= 11 is 0. The zero-order valence-electron chi connectivity index (χ0n) is 17.0. The van der Waals surface area contributed by atoms with Crippen LogP contribution in [0.4, 0.5) is 0 Å². The summed E-state index contributed by atoms with van der Waals surface area (Å²) in [5.41, 5.74) is 0.933. The molecular formula is C21H27N3O5S. The summed E-state index contributed by atoms with van der Waals surface area (Å²) in [4.78, 5) is 26.5. The number of hydrogen-bond acceptors (Lipinski definition) is 5. The molecule has 2 aromatic rings. The van der Waals surface area contributed by atoms with E-state index in [1.54, 1.807) is 24.3 Å². The first-order valence-electron chi connectivity index (χ1n) is 9.99. The molecule has 0 unspecified atom stereocenters. The van der Waals surface area contributed by atoms with Crippen molar-refractivity contribution in [1.82, 2.24) is 14.9 Å². The summed E-state index contributed by atoms with van der Waals surface area (Å²) in [5, 5.41) is 2.95. The van der Waals surface area contributed by atoms with E-state index >= 15 is 0 Å². The minimum absolute atomic E-state index is 0.0795. The molecule has 3 rings (SSSR count). The van der Waals surface area contributed by atoms with Gasteiger partial charge in [0.25, 0.3) is 0 Å². The molecule has 30 heavy (non-hydrogen) atoms. The van der Waals surface area contributed by atoms with Crippen LogP contribution in [0.15, 0.2) is 52.0 Å². The van der Waals surface area contributed by atoms with Crippen LogP contribution in [0.2, 0.25) is 0 Å². The van der Waals surface area contributed by atoms with Crippen LogP contribution in [0.1, 0.15) is 37.0 Å². The van der Waals surface area contributed by atoms with Gasteiger partial charge in [0.05, 0.1) is 24.2 Å². The van der Waals surface area contributed by atoms with Crippen LogP contribution in [0.5, 0.6) is 0 Å². The predicted molar refractivity (Wildman–Crippen MR) is 111 cm³/mol. The van der Waals surface area contributed by atoms with Gasteiger partial charge in [0.1, 0.15) is 12.3 Å². The molecule has 0 aliphatic heterocycles. The highest BCUT2D eigenvalue weighted by Crippen LogP contribution is 2.17. The molecule has 1 fully saturated rings. The SMILES string of the molecule is Cc1ccc(S(=O)(=O)NCC(=O)N(CC(=O)NC2CCCC2)Cc2ccco2)cc1. The molecule has 8 nitrogen and oxygen atoms in total. The summed E-state index contributed by atoms with van der Waals surface area (Å²) in [6.45, 7) is 1.32. The van der Waals surface area contributed by atoms with E-state index in [1.165, 1.54) is 23.3 Å². The number of carbonyl (C=O) groups is 2. The number of benzene rings is 1. The molecule has 162 valence electrons. The van der Waals surface area contributed by atoms with E-state index in [0.29, 0.717) is 5.76 Å². The average molecular weight is 434 g/mol. The Morgan fingerprint density at radius 1 is 1.13 bits per heavy atom. The molecule has 9 heteroatoms. The number of sulfonamides is 1. The van der Waals surface area contributed by atoms with E-state index < -0.39 is 22.5 Å². The maximum Gasteiger partial charge on any atom is 0.241 e.